The van der Waals surface area contributed by atoms with E-state index in [1.807, 2.05) is 19.1 Å². The molecule has 4 aromatic heterocycles. The minimum atomic E-state index is -4.50. The van der Waals surface area contributed by atoms with Crippen molar-refractivity contribution in [1.29, 1.82) is 0 Å². The predicted octanol–water partition coefficient (Wildman–Crippen LogP) is 5.54. The minimum Gasteiger partial charge on any atom is -0.383 e. The van der Waals surface area contributed by atoms with Crippen molar-refractivity contribution in [3.05, 3.63) is 94.6 Å². The molecule has 0 bridgehead atoms. The number of aromatic nitrogens is 4. The maximum atomic E-state index is 13.9. The maximum Gasteiger partial charge on any atom is 0.417 e. The third-order valence-corrected chi connectivity index (χ3v) is 7.00. The number of nitrogen functional groups attached to an aromatic ring is 1. The molecule has 1 aromatic carbocycles. The molecule has 0 fully saturated rings. The first-order valence-electron chi connectivity index (χ1n) is 12.2. The Morgan fingerprint density at radius 3 is 2.74 bits per heavy atom. The van der Waals surface area contributed by atoms with Crippen molar-refractivity contribution in [1.82, 2.24) is 24.8 Å². The number of aromatic amines is 1. The van der Waals surface area contributed by atoms with E-state index in [2.05, 4.69) is 19.9 Å². The van der Waals surface area contributed by atoms with Crippen LogP contribution in [0.5, 0.6) is 0 Å². The van der Waals surface area contributed by atoms with E-state index in [9.17, 15) is 18.0 Å². The van der Waals surface area contributed by atoms with Gasteiger partial charge in [0.1, 0.15) is 11.5 Å². The van der Waals surface area contributed by atoms with Gasteiger partial charge in [-0.1, -0.05) is 0 Å². The molecule has 3 N–H and O–H groups in total. The summed E-state index contributed by atoms with van der Waals surface area (Å²) in [5, 5.41) is 1.62. The highest BCUT2D eigenvalue weighted by Gasteiger charge is 2.31. The molecule has 11 heteroatoms. The first kappa shape index (κ1) is 24.8. The number of halogens is 3. The van der Waals surface area contributed by atoms with Crippen LogP contribution in [0.2, 0.25) is 0 Å². The Labute approximate surface area is 220 Å². The molecule has 1 atom stereocenters. The van der Waals surface area contributed by atoms with Crippen LogP contribution in [0.15, 0.2) is 61.1 Å². The zero-order chi connectivity index (χ0) is 27.3. The molecule has 0 spiro atoms. The quantitative estimate of drug-likeness (QED) is 0.308. The molecule has 6 rings (SSSR count). The van der Waals surface area contributed by atoms with Crippen molar-refractivity contribution in [3.63, 3.8) is 0 Å². The molecule has 0 saturated heterocycles. The lowest BCUT2D eigenvalue weighted by molar-refractivity contribution is -0.137. The average Bonchev–Trinajstić information content (AvgIpc) is 3.55. The summed E-state index contributed by atoms with van der Waals surface area (Å²) < 4.78 is 45.0. The first-order chi connectivity index (χ1) is 18.7. The predicted molar refractivity (Wildman–Crippen MR) is 138 cm³/mol. The normalized spacial score (nSPS) is 15.1. The molecule has 0 saturated carbocycles. The number of rotatable bonds is 5. The molecule has 5 aromatic rings. The Bertz CT molecular complexity index is 1720. The second-order valence-electron chi connectivity index (χ2n) is 9.48. The summed E-state index contributed by atoms with van der Waals surface area (Å²) in [6, 6.07) is 11.1. The number of ether oxygens (including phenoxy) is 1. The van der Waals surface area contributed by atoms with Crippen LogP contribution in [0.1, 0.15) is 51.3 Å². The topological polar surface area (TPSA) is 110 Å². The van der Waals surface area contributed by atoms with E-state index >= 15 is 0 Å². The van der Waals surface area contributed by atoms with E-state index in [0.29, 0.717) is 34.8 Å². The largest absolute Gasteiger partial charge is 0.417 e. The highest BCUT2D eigenvalue weighted by molar-refractivity contribution is 5.99. The number of fused-ring (bicyclic) bond motifs is 4. The van der Waals surface area contributed by atoms with E-state index in [0.717, 1.165) is 39.7 Å². The molecular formula is C28H23F3N6O2. The van der Waals surface area contributed by atoms with Crippen LogP contribution in [-0.4, -0.2) is 30.7 Å². The van der Waals surface area contributed by atoms with E-state index < -0.39 is 11.7 Å². The molecule has 198 valence electrons. The number of hydrogen-bond acceptors (Lipinski definition) is 6. The van der Waals surface area contributed by atoms with Gasteiger partial charge in [0.05, 0.1) is 36.0 Å². The Morgan fingerprint density at radius 2 is 1.97 bits per heavy atom. The molecule has 1 amide bonds. The third-order valence-electron chi connectivity index (χ3n) is 7.00. The number of alkyl halides is 3. The fourth-order valence-corrected chi connectivity index (χ4v) is 5.02. The second-order valence-corrected chi connectivity index (χ2v) is 9.48. The number of pyridine rings is 3. The summed E-state index contributed by atoms with van der Waals surface area (Å²) in [5.41, 5.74) is 9.94. The second kappa shape index (κ2) is 9.35. The van der Waals surface area contributed by atoms with E-state index in [-0.39, 0.29) is 25.1 Å². The summed E-state index contributed by atoms with van der Waals surface area (Å²) in [7, 11) is 0. The maximum absolute atomic E-state index is 13.9. The Kier molecular flexibility index (Phi) is 5.95. The van der Waals surface area contributed by atoms with Gasteiger partial charge < -0.3 is 20.4 Å². The van der Waals surface area contributed by atoms with E-state index in [4.69, 9.17) is 10.5 Å². The van der Waals surface area contributed by atoms with Crippen LogP contribution < -0.4 is 5.73 Å². The number of hydrogen-bond donors (Lipinski definition) is 2. The molecule has 39 heavy (non-hydrogen) atoms. The molecular weight excluding hydrogens is 509 g/mol. The highest BCUT2D eigenvalue weighted by Crippen LogP contribution is 2.38. The van der Waals surface area contributed by atoms with Crippen molar-refractivity contribution < 1.29 is 22.7 Å². The fraction of sp³-hybridized carbons (Fsp3) is 0.214. The molecule has 0 unspecified atom stereocenters. The van der Waals surface area contributed by atoms with Gasteiger partial charge in [-0.2, -0.15) is 13.2 Å². The molecule has 0 radical (unpaired) electrons. The van der Waals surface area contributed by atoms with Gasteiger partial charge in [0, 0.05) is 47.0 Å². The molecule has 0 aliphatic carbocycles. The fourth-order valence-electron chi connectivity index (χ4n) is 5.02. The van der Waals surface area contributed by atoms with Crippen molar-refractivity contribution in [2.75, 3.05) is 5.73 Å². The van der Waals surface area contributed by atoms with Gasteiger partial charge in [-0.3, -0.25) is 9.78 Å². The molecule has 1 aliphatic rings. The van der Waals surface area contributed by atoms with Crippen molar-refractivity contribution in [2.24, 2.45) is 0 Å². The van der Waals surface area contributed by atoms with Crippen LogP contribution >= 0.6 is 0 Å². The monoisotopic (exact) mass is 532 g/mol. The van der Waals surface area contributed by atoms with Gasteiger partial charge in [0.15, 0.2) is 0 Å². The average molecular weight is 533 g/mol. The van der Waals surface area contributed by atoms with Gasteiger partial charge in [-0.15, -0.1) is 0 Å². The van der Waals surface area contributed by atoms with Crippen LogP contribution in [0.25, 0.3) is 21.9 Å². The smallest absolute Gasteiger partial charge is 0.383 e. The zero-order valence-electron chi connectivity index (χ0n) is 20.8. The van der Waals surface area contributed by atoms with Gasteiger partial charge in [0.25, 0.3) is 5.91 Å². The number of carbonyl (C=O) groups excluding carboxylic acids is 1. The van der Waals surface area contributed by atoms with Gasteiger partial charge in [0.2, 0.25) is 0 Å². The van der Waals surface area contributed by atoms with Crippen LogP contribution in [0, 0.1) is 0 Å². The number of benzene rings is 1. The summed E-state index contributed by atoms with van der Waals surface area (Å²) in [6.45, 7) is 2.45. The van der Waals surface area contributed by atoms with Crippen LogP contribution in [-0.2, 0) is 30.6 Å². The zero-order valence-corrected chi connectivity index (χ0v) is 20.8. The first-order valence-corrected chi connectivity index (χ1v) is 12.2. The van der Waals surface area contributed by atoms with E-state index in [1.54, 1.807) is 35.5 Å². The molecule has 1 aliphatic heterocycles. The van der Waals surface area contributed by atoms with Crippen molar-refractivity contribution in [2.45, 2.75) is 38.9 Å². The lowest BCUT2D eigenvalue weighted by Gasteiger charge is -2.23. The number of nitrogens with two attached hydrogens (primary N) is 1. The van der Waals surface area contributed by atoms with Gasteiger partial charge >= 0.3 is 6.18 Å². The number of anilines is 1. The molecule has 5 heterocycles. The van der Waals surface area contributed by atoms with Crippen LogP contribution in [0.4, 0.5) is 19.0 Å². The SMILES string of the molecule is C[C@H]1OCc2c1c(N)nc1ccc(C(=O)N(Cc3ccc(C(F)(F)F)cn3)Cc3ccnc4[nH]ccc34)cc21. The van der Waals surface area contributed by atoms with Gasteiger partial charge in [-0.25, -0.2) is 9.97 Å². The number of nitrogens with one attached hydrogen (secondary N) is 1. The van der Waals surface area contributed by atoms with Crippen LogP contribution in [0.3, 0.4) is 0 Å². The standard InChI is InChI=1S/C28H23F3N6O2/c1-15-24-22(14-39-15)21-10-16(2-5-23(21)36-25(24)32)27(38)37(12-17-6-8-33-26-20(17)7-9-34-26)13-19-4-3-18(11-35-19)28(29,30)31/h2-11,15H,12-14H2,1H3,(H2,32,36)(H,33,34)/t15-/m1/s1. The number of nitrogens with zero attached hydrogens (tertiary/aromatic N) is 4. The Balaban J connectivity index is 1.39. The lowest BCUT2D eigenvalue weighted by atomic mass is 10.00. The van der Waals surface area contributed by atoms with Crippen molar-refractivity contribution >= 4 is 33.7 Å². The summed E-state index contributed by atoms with van der Waals surface area (Å²) >= 11 is 0. The summed E-state index contributed by atoms with van der Waals surface area (Å²) in [6.07, 6.45) is -0.512. The lowest BCUT2D eigenvalue weighted by Crippen LogP contribution is -2.30. The Morgan fingerprint density at radius 1 is 1.13 bits per heavy atom. The number of H-pyrrole nitrogens is 1. The Hall–Kier alpha value is -4.51. The highest BCUT2D eigenvalue weighted by atomic mass is 19.4. The van der Waals surface area contributed by atoms with E-state index in [1.165, 1.54) is 6.07 Å². The summed E-state index contributed by atoms with van der Waals surface area (Å²) in [5.74, 6) is 0.0985. The third kappa shape index (κ3) is 4.54. The van der Waals surface area contributed by atoms with Crippen molar-refractivity contribution in [3.8, 4) is 0 Å². The minimum absolute atomic E-state index is 0.00148. The number of amides is 1. The summed E-state index contributed by atoms with van der Waals surface area (Å²) in [4.78, 5) is 31.4. The van der Waals surface area contributed by atoms with Gasteiger partial charge in [-0.05, 0) is 60.5 Å². The number of carbonyl (C=O) groups is 1. The molecule has 8 nitrogen and oxygen atoms in total.